The number of urea groups is 1. The van der Waals surface area contributed by atoms with Crippen LogP contribution in [0.15, 0.2) is 0 Å². The van der Waals surface area contributed by atoms with Gasteiger partial charge >= 0.3 is 12.2 Å². The van der Waals surface area contributed by atoms with E-state index in [1.165, 1.54) is 4.90 Å². The molecule has 17 heavy (non-hydrogen) atoms. The Kier molecular flexibility index (Phi) is 4.65. The number of nitrogens with zero attached hydrogens (tertiary/aromatic N) is 1. The lowest BCUT2D eigenvalue weighted by molar-refractivity contribution is -0.123. The van der Waals surface area contributed by atoms with Crippen molar-refractivity contribution in [2.75, 3.05) is 13.6 Å². The molecule has 100 valence electrons. The molecule has 2 amide bonds. The Morgan fingerprint density at radius 3 is 2.47 bits per heavy atom. The Morgan fingerprint density at radius 2 is 1.94 bits per heavy atom. The fourth-order valence-corrected chi connectivity index (χ4v) is 2.32. The van der Waals surface area contributed by atoms with Gasteiger partial charge in [0.15, 0.2) is 0 Å². The van der Waals surface area contributed by atoms with Gasteiger partial charge in [-0.15, -0.1) is 0 Å². The maximum absolute atomic E-state index is 12.0. The highest BCUT2D eigenvalue weighted by atomic mass is 19.4. The summed E-state index contributed by atoms with van der Waals surface area (Å²) in [6.07, 6.45) is -0.283. The monoisotopic (exact) mass is 252 g/mol. The molecule has 1 aliphatic carbocycles. The zero-order valence-electron chi connectivity index (χ0n) is 10.2. The Bertz CT molecular complexity index is 268. The van der Waals surface area contributed by atoms with Crippen molar-refractivity contribution >= 4 is 6.03 Å². The number of carbonyl (C=O) groups excluding carboxylic acids is 1. The fourth-order valence-electron chi connectivity index (χ4n) is 2.32. The van der Waals surface area contributed by atoms with Crippen molar-refractivity contribution in [1.29, 1.82) is 0 Å². The molecule has 0 radical (unpaired) electrons. The summed E-state index contributed by atoms with van der Waals surface area (Å²) in [5.41, 5.74) is 0. The molecule has 0 spiro atoms. The molecule has 3 nitrogen and oxygen atoms in total. The van der Waals surface area contributed by atoms with Crippen LogP contribution in [0, 0.1) is 5.92 Å². The summed E-state index contributed by atoms with van der Waals surface area (Å²) in [5, 5.41) is 1.90. The third-order valence-electron chi connectivity index (χ3n) is 3.32. The molecule has 6 heteroatoms. The molecule has 0 bridgehead atoms. The lowest BCUT2D eigenvalue weighted by Gasteiger charge is -2.36. The molecule has 0 aromatic rings. The second kappa shape index (κ2) is 5.60. The Hall–Kier alpha value is -0.940. The third kappa shape index (κ3) is 4.44. The van der Waals surface area contributed by atoms with Gasteiger partial charge in [0.05, 0.1) is 0 Å². The topological polar surface area (TPSA) is 32.3 Å². The number of hydrogen-bond acceptors (Lipinski definition) is 1. The molecule has 1 saturated carbocycles. The van der Waals surface area contributed by atoms with Crippen molar-refractivity contribution in [2.45, 2.75) is 44.8 Å². The van der Waals surface area contributed by atoms with Gasteiger partial charge in [-0.3, -0.25) is 0 Å². The number of carbonyl (C=O) groups is 1. The second-order valence-corrected chi connectivity index (χ2v) is 4.71. The molecule has 2 atom stereocenters. The summed E-state index contributed by atoms with van der Waals surface area (Å²) in [4.78, 5) is 13.0. The predicted molar refractivity (Wildman–Crippen MR) is 58.6 cm³/mol. The van der Waals surface area contributed by atoms with E-state index in [0.29, 0.717) is 5.92 Å². The van der Waals surface area contributed by atoms with E-state index in [0.717, 1.165) is 25.7 Å². The van der Waals surface area contributed by atoms with Crippen LogP contribution in [0.5, 0.6) is 0 Å². The van der Waals surface area contributed by atoms with Crippen LogP contribution >= 0.6 is 0 Å². The van der Waals surface area contributed by atoms with Crippen molar-refractivity contribution in [3.8, 4) is 0 Å². The standard InChI is InChI=1S/C11H19F3N2O/c1-8-5-3-4-6-9(8)16(2)10(17)15-7-11(12,13)14/h8-9H,3-7H2,1-2H3,(H,15,17). The van der Waals surface area contributed by atoms with E-state index >= 15 is 0 Å². The number of amides is 2. The smallest absolute Gasteiger partial charge is 0.329 e. The average molecular weight is 252 g/mol. The molecular formula is C11H19F3N2O. The summed E-state index contributed by atoms with van der Waals surface area (Å²) < 4.78 is 35.9. The van der Waals surface area contributed by atoms with Gasteiger partial charge in [-0.2, -0.15) is 13.2 Å². The highest BCUT2D eigenvalue weighted by Gasteiger charge is 2.31. The first kappa shape index (κ1) is 14.1. The first-order valence-corrected chi connectivity index (χ1v) is 5.88. The Morgan fingerprint density at radius 1 is 1.35 bits per heavy atom. The van der Waals surface area contributed by atoms with Gasteiger partial charge in [-0.1, -0.05) is 19.8 Å². The minimum absolute atomic E-state index is 0.0528. The molecule has 1 rings (SSSR count). The highest BCUT2D eigenvalue weighted by Crippen LogP contribution is 2.27. The van der Waals surface area contributed by atoms with Crippen LogP contribution < -0.4 is 5.32 Å². The van der Waals surface area contributed by atoms with Crippen LogP contribution in [0.3, 0.4) is 0 Å². The molecule has 1 fully saturated rings. The summed E-state index contributed by atoms with van der Waals surface area (Å²) >= 11 is 0. The quantitative estimate of drug-likeness (QED) is 0.805. The number of halogens is 3. The van der Waals surface area contributed by atoms with E-state index in [4.69, 9.17) is 0 Å². The SMILES string of the molecule is CC1CCCCC1N(C)C(=O)NCC(F)(F)F. The molecule has 0 saturated heterocycles. The van der Waals surface area contributed by atoms with E-state index in [1.54, 1.807) is 7.05 Å². The van der Waals surface area contributed by atoms with E-state index in [9.17, 15) is 18.0 Å². The molecule has 0 aliphatic heterocycles. The third-order valence-corrected chi connectivity index (χ3v) is 3.32. The maximum Gasteiger partial charge on any atom is 0.405 e. The van der Waals surface area contributed by atoms with Crippen LogP contribution in [-0.2, 0) is 0 Å². The molecular weight excluding hydrogens is 233 g/mol. The minimum atomic E-state index is -4.35. The van der Waals surface area contributed by atoms with Crippen molar-refractivity contribution in [1.82, 2.24) is 10.2 Å². The molecule has 0 aromatic heterocycles. The molecule has 2 unspecified atom stereocenters. The summed E-state index contributed by atoms with van der Waals surface area (Å²) in [6, 6.07) is -0.585. The van der Waals surface area contributed by atoms with Crippen molar-refractivity contribution in [3.05, 3.63) is 0 Å². The molecule has 0 heterocycles. The highest BCUT2D eigenvalue weighted by molar-refractivity contribution is 5.74. The van der Waals surface area contributed by atoms with Gasteiger partial charge in [0.25, 0.3) is 0 Å². The largest absolute Gasteiger partial charge is 0.405 e. The second-order valence-electron chi connectivity index (χ2n) is 4.71. The van der Waals surface area contributed by atoms with E-state index in [-0.39, 0.29) is 6.04 Å². The zero-order chi connectivity index (χ0) is 13.1. The van der Waals surface area contributed by atoms with Gasteiger partial charge in [0, 0.05) is 13.1 Å². The van der Waals surface area contributed by atoms with Crippen LogP contribution in [0.2, 0.25) is 0 Å². The number of hydrogen-bond donors (Lipinski definition) is 1. The molecule has 0 aromatic carbocycles. The van der Waals surface area contributed by atoms with E-state index in [1.807, 2.05) is 12.2 Å². The number of alkyl halides is 3. The van der Waals surface area contributed by atoms with E-state index < -0.39 is 18.8 Å². The molecule has 1 N–H and O–H groups in total. The molecule has 1 aliphatic rings. The first-order chi connectivity index (χ1) is 7.81. The number of rotatable bonds is 2. The van der Waals surface area contributed by atoms with Gasteiger partial charge in [0.1, 0.15) is 6.54 Å². The predicted octanol–water partition coefficient (Wildman–Crippen LogP) is 2.77. The van der Waals surface area contributed by atoms with Gasteiger partial charge in [-0.05, 0) is 18.8 Å². The lowest BCUT2D eigenvalue weighted by atomic mass is 9.85. The van der Waals surface area contributed by atoms with Gasteiger partial charge in [-0.25, -0.2) is 4.79 Å². The normalized spacial score (nSPS) is 25.5. The Labute approximate surface area is 99.4 Å². The summed E-state index contributed by atoms with van der Waals surface area (Å²) in [7, 11) is 1.57. The minimum Gasteiger partial charge on any atom is -0.329 e. The fraction of sp³-hybridized carbons (Fsp3) is 0.909. The van der Waals surface area contributed by atoms with Crippen LogP contribution in [-0.4, -0.2) is 36.7 Å². The van der Waals surface area contributed by atoms with Crippen molar-refractivity contribution in [2.24, 2.45) is 5.92 Å². The van der Waals surface area contributed by atoms with Gasteiger partial charge in [0.2, 0.25) is 0 Å². The lowest BCUT2D eigenvalue weighted by Crippen LogP contribution is -2.49. The first-order valence-electron chi connectivity index (χ1n) is 5.88. The van der Waals surface area contributed by atoms with Crippen LogP contribution in [0.1, 0.15) is 32.6 Å². The number of nitrogens with one attached hydrogen (secondary N) is 1. The van der Waals surface area contributed by atoms with Crippen molar-refractivity contribution in [3.63, 3.8) is 0 Å². The van der Waals surface area contributed by atoms with Crippen molar-refractivity contribution < 1.29 is 18.0 Å². The summed E-state index contributed by atoms with van der Waals surface area (Å²) in [6.45, 7) is 0.772. The van der Waals surface area contributed by atoms with E-state index in [2.05, 4.69) is 0 Å². The Balaban J connectivity index is 2.45. The summed E-state index contributed by atoms with van der Waals surface area (Å²) in [5.74, 6) is 0.352. The average Bonchev–Trinajstić information content (AvgIpc) is 2.24. The van der Waals surface area contributed by atoms with Crippen LogP contribution in [0.4, 0.5) is 18.0 Å². The maximum atomic E-state index is 12.0. The van der Waals surface area contributed by atoms with Gasteiger partial charge < -0.3 is 10.2 Å². The zero-order valence-corrected chi connectivity index (χ0v) is 10.2. The van der Waals surface area contributed by atoms with Crippen LogP contribution in [0.25, 0.3) is 0 Å².